The third-order valence-electron chi connectivity index (χ3n) is 6.98. The fourth-order valence-corrected chi connectivity index (χ4v) is 5.14. The average molecular weight is 457 g/mol. The molecule has 0 aromatic heterocycles. The molecule has 2 fully saturated rings. The second-order valence-corrected chi connectivity index (χ2v) is 9.14. The topological polar surface area (TPSA) is 43.4 Å². The second-order valence-electron chi connectivity index (χ2n) is 9.14. The predicted molar refractivity (Wildman–Crippen MR) is 124 cm³/mol. The monoisotopic (exact) mass is 456 g/mol. The van der Waals surface area contributed by atoms with Crippen LogP contribution >= 0.6 is 0 Å². The van der Waals surface area contributed by atoms with Crippen molar-refractivity contribution in [2.24, 2.45) is 5.92 Å². The largest absolute Gasteiger partial charge is 0.493 e. The molecule has 5 rings (SSSR count). The lowest BCUT2D eigenvalue weighted by Gasteiger charge is -2.39. The van der Waals surface area contributed by atoms with Crippen LogP contribution in [0.25, 0.3) is 0 Å². The molecule has 0 N–H and O–H groups in total. The first-order valence-electron chi connectivity index (χ1n) is 12.0. The maximum atomic E-state index is 13.5. The van der Waals surface area contributed by atoms with Crippen molar-refractivity contribution in [1.29, 1.82) is 0 Å². The van der Waals surface area contributed by atoms with Gasteiger partial charge in [-0.05, 0) is 68.2 Å². The Bertz CT molecular complexity index is 904. The third kappa shape index (κ3) is 5.78. The zero-order valence-corrected chi connectivity index (χ0v) is 19.1. The van der Waals surface area contributed by atoms with E-state index < -0.39 is 0 Å². The Morgan fingerprint density at radius 1 is 0.909 bits per heavy atom. The van der Waals surface area contributed by atoms with Crippen LogP contribution in [0.15, 0.2) is 42.5 Å². The normalized spacial score (nSPS) is 23.5. The summed E-state index contributed by atoms with van der Waals surface area (Å²) in [5.74, 6) is 2.79. The van der Waals surface area contributed by atoms with Gasteiger partial charge in [0.15, 0.2) is 11.5 Å². The molecular weight excluding hydrogens is 423 g/mol. The molecule has 7 heteroatoms. The Hall–Kier alpha value is -2.35. The van der Waals surface area contributed by atoms with Crippen molar-refractivity contribution in [2.75, 3.05) is 65.9 Å². The van der Waals surface area contributed by atoms with Crippen molar-refractivity contribution >= 4 is 0 Å². The Morgan fingerprint density at radius 3 is 2.55 bits per heavy atom. The zero-order chi connectivity index (χ0) is 22.5. The molecule has 0 radical (unpaired) electrons. The van der Waals surface area contributed by atoms with E-state index in [-0.39, 0.29) is 12.6 Å². The van der Waals surface area contributed by atoms with E-state index in [9.17, 15) is 4.39 Å². The molecular formula is C26H33FN2O4. The number of fused-ring (bicyclic) bond motifs is 1. The fourth-order valence-electron chi connectivity index (χ4n) is 5.14. The maximum absolute atomic E-state index is 13.5. The van der Waals surface area contributed by atoms with Gasteiger partial charge >= 0.3 is 0 Å². The number of piperidine rings is 1. The number of rotatable bonds is 8. The van der Waals surface area contributed by atoms with Crippen molar-refractivity contribution in [3.63, 3.8) is 0 Å². The first kappa shape index (κ1) is 22.4. The lowest BCUT2D eigenvalue weighted by Crippen LogP contribution is -2.43. The highest BCUT2D eigenvalue weighted by Gasteiger charge is 2.31. The van der Waals surface area contributed by atoms with E-state index in [1.165, 1.54) is 5.56 Å². The molecule has 6 nitrogen and oxygen atoms in total. The summed E-state index contributed by atoms with van der Waals surface area (Å²) in [6, 6.07) is 12.7. The number of hydrogen-bond acceptors (Lipinski definition) is 6. The molecule has 0 saturated carbocycles. The first-order chi connectivity index (χ1) is 16.2. The van der Waals surface area contributed by atoms with E-state index in [1.54, 1.807) is 12.1 Å². The van der Waals surface area contributed by atoms with Gasteiger partial charge in [-0.15, -0.1) is 0 Å². The van der Waals surface area contributed by atoms with E-state index in [4.69, 9.17) is 18.9 Å². The van der Waals surface area contributed by atoms with E-state index >= 15 is 0 Å². The Balaban J connectivity index is 1.21. The molecule has 0 spiro atoms. The smallest absolute Gasteiger partial charge is 0.231 e. The van der Waals surface area contributed by atoms with Gasteiger partial charge in [-0.1, -0.05) is 12.1 Å². The van der Waals surface area contributed by atoms with Crippen LogP contribution in [0.2, 0.25) is 0 Å². The molecule has 0 amide bonds. The van der Waals surface area contributed by atoms with Gasteiger partial charge in [0.2, 0.25) is 6.79 Å². The van der Waals surface area contributed by atoms with E-state index in [0.717, 1.165) is 82.6 Å². The summed E-state index contributed by atoms with van der Waals surface area (Å²) in [5, 5.41) is 0. The van der Waals surface area contributed by atoms with Crippen LogP contribution in [0, 0.1) is 11.7 Å². The zero-order valence-electron chi connectivity index (χ0n) is 19.1. The summed E-state index contributed by atoms with van der Waals surface area (Å²) < 4.78 is 36.1. The van der Waals surface area contributed by atoms with Crippen LogP contribution in [0.4, 0.5) is 4.39 Å². The highest BCUT2D eigenvalue weighted by atomic mass is 19.1. The van der Waals surface area contributed by atoms with Crippen LogP contribution < -0.4 is 14.2 Å². The molecule has 2 atom stereocenters. The molecule has 0 unspecified atom stereocenters. The molecule has 3 heterocycles. The summed E-state index contributed by atoms with van der Waals surface area (Å²) >= 11 is 0. The summed E-state index contributed by atoms with van der Waals surface area (Å²) in [5.41, 5.74) is 1.20. The van der Waals surface area contributed by atoms with Gasteiger partial charge in [0.1, 0.15) is 11.6 Å². The number of likely N-dealkylation sites (tertiary alicyclic amines) is 1. The highest BCUT2D eigenvalue weighted by molar-refractivity contribution is 5.46. The summed E-state index contributed by atoms with van der Waals surface area (Å²) in [6.07, 6.45) is 2.22. The van der Waals surface area contributed by atoms with Crippen LogP contribution in [0.3, 0.4) is 0 Å². The maximum Gasteiger partial charge on any atom is 0.231 e. The van der Waals surface area contributed by atoms with Gasteiger partial charge in [0, 0.05) is 31.6 Å². The standard InChI is InChI=1S/C26H33FN2O4/c27-22-4-2-20(3-5-22)24-8-11-29(10-1-9-28-12-14-30-15-13-28)17-21(24)18-31-23-6-7-25-26(16-23)33-19-32-25/h2-7,16,21,24H,1,8-15,17-19H2/t21-,24-/m0/s1. The third-order valence-corrected chi connectivity index (χ3v) is 6.98. The lowest BCUT2D eigenvalue weighted by molar-refractivity contribution is 0.0346. The summed E-state index contributed by atoms with van der Waals surface area (Å²) in [7, 11) is 0. The number of morpholine rings is 1. The second kappa shape index (κ2) is 10.7. The van der Waals surface area contributed by atoms with Gasteiger partial charge in [0.25, 0.3) is 0 Å². The quantitative estimate of drug-likeness (QED) is 0.603. The molecule has 2 saturated heterocycles. The number of hydrogen-bond donors (Lipinski definition) is 0. The molecule has 0 bridgehead atoms. The number of ether oxygens (including phenoxy) is 4. The molecule has 33 heavy (non-hydrogen) atoms. The Kier molecular flexibility index (Phi) is 7.29. The minimum atomic E-state index is -0.188. The average Bonchev–Trinajstić information content (AvgIpc) is 3.32. The van der Waals surface area contributed by atoms with Gasteiger partial charge < -0.3 is 23.8 Å². The number of halogens is 1. The van der Waals surface area contributed by atoms with E-state index in [2.05, 4.69) is 9.80 Å². The molecule has 3 aliphatic rings. The van der Waals surface area contributed by atoms with Gasteiger partial charge in [-0.25, -0.2) is 4.39 Å². The van der Waals surface area contributed by atoms with E-state index in [1.807, 2.05) is 30.3 Å². The van der Waals surface area contributed by atoms with Gasteiger partial charge in [-0.3, -0.25) is 4.90 Å². The Labute approximate surface area is 195 Å². The van der Waals surface area contributed by atoms with Crippen molar-refractivity contribution < 1.29 is 23.3 Å². The minimum Gasteiger partial charge on any atom is -0.493 e. The van der Waals surface area contributed by atoms with Gasteiger partial charge in [0.05, 0.1) is 19.8 Å². The highest BCUT2D eigenvalue weighted by Crippen LogP contribution is 2.37. The van der Waals surface area contributed by atoms with Crippen LogP contribution in [0.5, 0.6) is 17.2 Å². The number of benzene rings is 2. The van der Waals surface area contributed by atoms with E-state index in [0.29, 0.717) is 18.4 Å². The fraction of sp³-hybridized carbons (Fsp3) is 0.538. The lowest BCUT2D eigenvalue weighted by atomic mass is 9.80. The van der Waals surface area contributed by atoms with Crippen molar-refractivity contribution in [3.05, 3.63) is 53.8 Å². The molecule has 0 aliphatic carbocycles. The summed E-state index contributed by atoms with van der Waals surface area (Å²) in [6.45, 7) is 8.91. The van der Waals surface area contributed by atoms with Crippen LogP contribution in [-0.2, 0) is 4.74 Å². The first-order valence-corrected chi connectivity index (χ1v) is 12.0. The number of nitrogens with zero attached hydrogens (tertiary/aromatic N) is 2. The molecule has 2 aromatic carbocycles. The van der Waals surface area contributed by atoms with Crippen molar-refractivity contribution in [3.8, 4) is 17.2 Å². The van der Waals surface area contributed by atoms with Crippen LogP contribution in [0.1, 0.15) is 24.3 Å². The molecule has 3 aliphatic heterocycles. The minimum absolute atomic E-state index is 0.188. The van der Waals surface area contributed by atoms with Crippen LogP contribution in [-0.4, -0.2) is 75.7 Å². The van der Waals surface area contributed by atoms with Crippen molar-refractivity contribution in [2.45, 2.75) is 18.8 Å². The summed E-state index contributed by atoms with van der Waals surface area (Å²) in [4.78, 5) is 5.06. The van der Waals surface area contributed by atoms with Crippen molar-refractivity contribution in [1.82, 2.24) is 9.80 Å². The predicted octanol–water partition coefficient (Wildman–Crippen LogP) is 3.76. The SMILES string of the molecule is Fc1ccc([C@@H]2CCN(CCCN3CCOCC3)C[C@H]2COc2ccc3c(c2)OCO3)cc1. The Morgan fingerprint density at radius 2 is 1.70 bits per heavy atom. The molecule has 178 valence electrons. The van der Waals surface area contributed by atoms with Gasteiger partial charge in [-0.2, -0.15) is 0 Å². The molecule has 2 aromatic rings.